The molecule has 5 atom stereocenters. The minimum Gasteiger partial charge on any atom is -0.385 e. The molecule has 0 radical (unpaired) electrons. The van der Waals surface area contributed by atoms with Gasteiger partial charge in [-0.15, -0.1) is 0 Å². The first-order valence-electron chi connectivity index (χ1n) is 7.90. The van der Waals surface area contributed by atoms with Crippen LogP contribution in [0.15, 0.2) is 24.3 Å². The molecular weight excluding hydrogens is 248 g/mol. The van der Waals surface area contributed by atoms with Crippen LogP contribution in [0.2, 0.25) is 0 Å². The molecule has 2 heteroatoms. The summed E-state index contributed by atoms with van der Waals surface area (Å²) in [6.45, 7) is 2.14. The van der Waals surface area contributed by atoms with Crippen LogP contribution in [0.1, 0.15) is 49.7 Å². The first-order valence-corrected chi connectivity index (χ1v) is 7.90. The lowest BCUT2D eigenvalue weighted by molar-refractivity contribution is -0.128. The number of benzene rings is 1. The van der Waals surface area contributed by atoms with Gasteiger partial charge in [0, 0.05) is 11.8 Å². The van der Waals surface area contributed by atoms with Crippen LogP contribution in [-0.4, -0.2) is 17.0 Å². The number of hydrogen-bond acceptors (Lipinski definition) is 2. The van der Waals surface area contributed by atoms with E-state index in [0.717, 1.165) is 19.3 Å². The van der Waals surface area contributed by atoms with Crippen molar-refractivity contribution in [2.45, 2.75) is 51.0 Å². The van der Waals surface area contributed by atoms with E-state index >= 15 is 0 Å². The van der Waals surface area contributed by atoms with Gasteiger partial charge in [-0.2, -0.15) is 0 Å². The molecule has 3 aliphatic rings. The van der Waals surface area contributed by atoms with Crippen molar-refractivity contribution < 1.29 is 9.90 Å². The van der Waals surface area contributed by atoms with E-state index < -0.39 is 6.10 Å². The van der Waals surface area contributed by atoms with Gasteiger partial charge in [-0.1, -0.05) is 31.2 Å². The maximum absolute atomic E-state index is 12.0. The van der Waals surface area contributed by atoms with E-state index in [0.29, 0.717) is 24.2 Å². The highest BCUT2D eigenvalue weighted by Crippen LogP contribution is 2.59. The molecule has 0 spiro atoms. The third-order valence-electron chi connectivity index (χ3n) is 6.43. The minimum absolute atomic E-state index is 0.0806. The molecule has 1 N–H and O–H groups in total. The average molecular weight is 270 g/mol. The summed E-state index contributed by atoms with van der Waals surface area (Å²) in [7, 11) is 0. The number of aliphatic hydroxyl groups excluding tert-OH is 1. The molecule has 2 fully saturated rings. The van der Waals surface area contributed by atoms with Gasteiger partial charge in [0.05, 0.1) is 0 Å². The van der Waals surface area contributed by atoms with Gasteiger partial charge < -0.3 is 5.11 Å². The molecule has 4 rings (SSSR count). The highest BCUT2D eigenvalue weighted by atomic mass is 16.3. The number of Topliss-reactive ketones (excluding diaryl/α,β-unsaturated/α-hetero) is 1. The number of hydrogen-bond donors (Lipinski definition) is 1. The Morgan fingerprint density at radius 3 is 2.90 bits per heavy atom. The van der Waals surface area contributed by atoms with E-state index in [1.807, 2.05) is 0 Å². The first kappa shape index (κ1) is 12.6. The van der Waals surface area contributed by atoms with Crippen LogP contribution < -0.4 is 0 Å². The van der Waals surface area contributed by atoms with Crippen molar-refractivity contribution >= 4 is 5.78 Å². The first-order chi connectivity index (χ1) is 9.61. The Morgan fingerprint density at radius 1 is 1.25 bits per heavy atom. The summed E-state index contributed by atoms with van der Waals surface area (Å²) in [6, 6.07) is 8.81. The van der Waals surface area contributed by atoms with Gasteiger partial charge in [-0.25, -0.2) is 0 Å². The van der Waals surface area contributed by atoms with Crippen molar-refractivity contribution in [2.75, 3.05) is 0 Å². The Hall–Kier alpha value is -1.15. The molecule has 0 aromatic heterocycles. The third-order valence-corrected chi connectivity index (χ3v) is 6.43. The van der Waals surface area contributed by atoms with Crippen LogP contribution in [-0.2, 0) is 11.2 Å². The molecule has 0 heterocycles. The van der Waals surface area contributed by atoms with Crippen LogP contribution in [0.25, 0.3) is 0 Å². The molecule has 1 aromatic rings. The summed E-state index contributed by atoms with van der Waals surface area (Å²) in [4.78, 5) is 12.0. The maximum atomic E-state index is 12.0. The predicted molar refractivity (Wildman–Crippen MR) is 77.5 cm³/mol. The number of carbonyl (C=O) groups is 1. The Labute approximate surface area is 120 Å². The zero-order chi connectivity index (χ0) is 13.9. The second-order valence-corrected chi connectivity index (χ2v) is 7.23. The largest absolute Gasteiger partial charge is 0.385 e. The number of rotatable bonds is 0. The van der Waals surface area contributed by atoms with Crippen molar-refractivity contribution in [1.82, 2.24) is 0 Å². The molecule has 2 saturated carbocycles. The SMILES string of the molecule is C[C@]12CC[C@@H]3c4ccccc4CC[C@H]3[C@@H]1CC(=O)[C@@H]2O. The van der Waals surface area contributed by atoms with Crippen LogP contribution >= 0.6 is 0 Å². The zero-order valence-electron chi connectivity index (χ0n) is 12.0. The van der Waals surface area contributed by atoms with Gasteiger partial charge >= 0.3 is 0 Å². The molecule has 0 bridgehead atoms. The van der Waals surface area contributed by atoms with E-state index in [1.54, 1.807) is 0 Å². The Kier molecular flexibility index (Phi) is 2.62. The summed E-state index contributed by atoms with van der Waals surface area (Å²) in [5.74, 6) is 1.66. The molecule has 0 saturated heterocycles. The van der Waals surface area contributed by atoms with Gasteiger partial charge in [0.1, 0.15) is 6.10 Å². The Morgan fingerprint density at radius 2 is 2.05 bits per heavy atom. The molecule has 0 unspecified atom stereocenters. The molecule has 0 aliphatic heterocycles. The quantitative estimate of drug-likeness (QED) is 0.786. The van der Waals surface area contributed by atoms with Crippen molar-refractivity contribution in [2.24, 2.45) is 17.3 Å². The van der Waals surface area contributed by atoms with Crippen LogP contribution in [0.5, 0.6) is 0 Å². The lowest BCUT2D eigenvalue weighted by Crippen LogP contribution is -2.44. The lowest BCUT2D eigenvalue weighted by atomic mass is 9.55. The Balaban J connectivity index is 1.73. The fourth-order valence-corrected chi connectivity index (χ4v) is 5.29. The second kappa shape index (κ2) is 4.17. The van der Waals surface area contributed by atoms with E-state index in [4.69, 9.17) is 0 Å². The number of fused-ring (bicyclic) bond motifs is 5. The summed E-state index contributed by atoms with van der Waals surface area (Å²) < 4.78 is 0. The van der Waals surface area contributed by atoms with E-state index in [-0.39, 0.29) is 11.2 Å². The van der Waals surface area contributed by atoms with Gasteiger partial charge in [0.15, 0.2) is 5.78 Å². The monoisotopic (exact) mass is 270 g/mol. The number of carbonyl (C=O) groups excluding carboxylic acids is 1. The molecule has 106 valence electrons. The van der Waals surface area contributed by atoms with Gasteiger partial charge in [-0.3, -0.25) is 4.79 Å². The summed E-state index contributed by atoms with van der Waals surface area (Å²) >= 11 is 0. The van der Waals surface area contributed by atoms with Crippen LogP contribution in [0.3, 0.4) is 0 Å². The molecule has 1 aromatic carbocycles. The fraction of sp³-hybridized carbons (Fsp3) is 0.611. The van der Waals surface area contributed by atoms with Crippen molar-refractivity contribution in [3.8, 4) is 0 Å². The second-order valence-electron chi connectivity index (χ2n) is 7.23. The van der Waals surface area contributed by atoms with Gasteiger partial charge in [-0.05, 0) is 54.6 Å². The predicted octanol–water partition coefficient (Wildman–Crippen LogP) is 3.08. The number of ketones is 1. The summed E-state index contributed by atoms with van der Waals surface area (Å²) in [5, 5.41) is 10.3. The minimum atomic E-state index is -0.717. The van der Waals surface area contributed by atoms with E-state index in [1.165, 1.54) is 17.5 Å². The Bertz CT molecular complexity index is 564. The number of aliphatic hydroxyl groups is 1. The van der Waals surface area contributed by atoms with Crippen molar-refractivity contribution in [3.05, 3.63) is 35.4 Å². The highest BCUT2D eigenvalue weighted by Gasteiger charge is 2.57. The van der Waals surface area contributed by atoms with Gasteiger partial charge in [0.25, 0.3) is 0 Å². The summed E-state index contributed by atoms with van der Waals surface area (Å²) in [5.41, 5.74) is 2.85. The standard InChI is InChI=1S/C18H22O2/c1-18-9-8-13-12-5-3-2-4-11(12)6-7-14(13)15(18)10-16(19)17(18)20/h2-5,13-15,17,20H,6-10H2,1H3/t13-,14-,15+,17+,18+/m1/s1. The third kappa shape index (κ3) is 1.52. The molecule has 0 amide bonds. The topological polar surface area (TPSA) is 37.3 Å². The zero-order valence-corrected chi connectivity index (χ0v) is 12.0. The number of aryl methyl sites for hydroxylation is 1. The van der Waals surface area contributed by atoms with Crippen LogP contribution in [0.4, 0.5) is 0 Å². The molecular formula is C18H22O2. The smallest absolute Gasteiger partial charge is 0.162 e. The lowest BCUT2D eigenvalue weighted by Gasteiger charge is -2.49. The molecule has 20 heavy (non-hydrogen) atoms. The normalized spacial score (nSPS) is 42.8. The van der Waals surface area contributed by atoms with E-state index in [2.05, 4.69) is 31.2 Å². The van der Waals surface area contributed by atoms with Crippen LogP contribution in [0, 0.1) is 17.3 Å². The highest BCUT2D eigenvalue weighted by molar-refractivity contribution is 5.86. The van der Waals surface area contributed by atoms with Crippen molar-refractivity contribution in [3.63, 3.8) is 0 Å². The fourth-order valence-electron chi connectivity index (χ4n) is 5.29. The van der Waals surface area contributed by atoms with Crippen molar-refractivity contribution in [1.29, 1.82) is 0 Å². The summed E-state index contributed by atoms with van der Waals surface area (Å²) in [6.07, 6.45) is 4.31. The maximum Gasteiger partial charge on any atom is 0.162 e. The van der Waals surface area contributed by atoms with E-state index in [9.17, 15) is 9.90 Å². The molecule has 2 nitrogen and oxygen atoms in total. The molecule has 3 aliphatic carbocycles. The average Bonchev–Trinajstić information content (AvgIpc) is 2.71. The van der Waals surface area contributed by atoms with Gasteiger partial charge in [0.2, 0.25) is 0 Å².